The van der Waals surface area contributed by atoms with E-state index in [-0.39, 0.29) is 6.54 Å². The highest BCUT2D eigenvalue weighted by molar-refractivity contribution is 4.68. The molecular weight excluding hydrogens is 178 g/mol. The highest BCUT2D eigenvalue weighted by Gasteiger charge is 2.41. The number of alkyl halides is 4. The van der Waals surface area contributed by atoms with Crippen LogP contribution in [0.5, 0.6) is 0 Å². The fourth-order valence-corrected chi connectivity index (χ4v) is 0.384. The molecule has 0 saturated heterocycles. The lowest BCUT2D eigenvalue weighted by Crippen LogP contribution is -2.35. The van der Waals surface area contributed by atoms with Crippen LogP contribution >= 0.6 is 0 Å². The zero-order valence-corrected chi connectivity index (χ0v) is 6.57. The first-order valence-corrected chi connectivity index (χ1v) is 3.37. The third-order valence-electron chi connectivity index (χ3n) is 1.21. The molecule has 0 aliphatic rings. The molecule has 0 heterocycles. The van der Waals surface area contributed by atoms with Gasteiger partial charge in [0.2, 0.25) is 0 Å². The van der Waals surface area contributed by atoms with E-state index in [4.69, 9.17) is 5.73 Å². The first kappa shape index (κ1) is 11.6. The zero-order valence-electron chi connectivity index (χ0n) is 6.57. The normalized spacial score (nSPS) is 15.2. The SMILES string of the molecule is CC(CN)OCC(F)(F)C(F)F. The molecule has 6 heteroatoms. The van der Waals surface area contributed by atoms with Crippen LogP contribution in [0.25, 0.3) is 0 Å². The predicted octanol–water partition coefficient (Wildman–Crippen LogP) is 1.25. The van der Waals surface area contributed by atoms with Crippen molar-refractivity contribution in [2.75, 3.05) is 13.2 Å². The predicted molar refractivity (Wildman–Crippen MR) is 35.4 cm³/mol. The summed E-state index contributed by atoms with van der Waals surface area (Å²) >= 11 is 0. The maximum absolute atomic E-state index is 12.1. The lowest BCUT2D eigenvalue weighted by molar-refractivity contribution is -0.173. The Morgan fingerprint density at radius 2 is 1.92 bits per heavy atom. The van der Waals surface area contributed by atoms with Gasteiger partial charge in [0, 0.05) is 6.54 Å². The van der Waals surface area contributed by atoms with E-state index in [0.717, 1.165) is 0 Å². The van der Waals surface area contributed by atoms with Gasteiger partial charge in [-0.1, -0.05) is 0 Å². The Bertz CT molecular complexity index is 131. The van der Waals surface area contributed by atoms with Crippen LogP contribution in [0.4, 0.5) is 17.6 Å². The lowest BCUT2D eigenvalue weighted by Gasteiger charge is -2.17. The summed E-state index contributed by atoms with van der Waals surface area (Å²) in [6, 6.07) is 0. The first-order chi connectivity index (χ1) is 5.40. The van der Waals surface area contributed by atoms with E-state index < -0.39 is 25.1 Å². The number of ether oxygens (including phenoxy) is 1. The van der Waals surface area contributed by atoms with Gasteiger partial charge in [0.05, 0.1) is 6.10 Å². The van der Waals surface area contributed by atoms with Gasteiger partial charge in [0.25, 0.3) is 0 Å². The van der Waals surface area contributed by atoms with Crippen LogP contribution < -0.4 is 5.73 Å². The Hall–Kier alpha value is -0.360. The highest BCUT2D eigenvalue weighted by atomic mass is 19.3. The number of halogens is 4. The van der Waals surface area contributed by atoms with Crippen molar-refractivity contribution in [2.24, 2.45) is 5.73 Å². The molecule has 0 aliphatic carbocycles. The van der Waals surface area contributed by atoms with Crippen molar-refractivity contribution >= 4 is 0 Å². The molecule has 0 rings (SSSR count). The second kappa shape index (κ2) is 4.61. The fourth-order valence-electron chi connectivity index (χ4n) is 0.384. The average Bonchev–Trinajstić information content (AvgIpc) is 2.00. The second-order valence-corrected chi connectivity index (χ2v) is 2.42. The number of nitrogens with two attached hydrogens (primary N) is 1. The molecule has 0 aliphatic heterocycles. The van der Waals surface area contributed by atoms with Gasteiger partial charge in [-0.2, -0.15) is 8.78 Å². The topological polar surface area (TPSA) is 35.2 Å². The van der Waals surface area contributed by atoms with E-state index in [1.807, 2.05) is 0 Å². The van der Waals surface area contributed by atoms with Crippen molar-refractivity contribution in [3.63, 3.8) is 0 Å². The third-order valence-corrected chi connectivity index (χ3v) is 1.21. The minimum atomic E-state index is -4.08. The van der Waals surface area contributed by atoms with Crippen LogP contribution in [-0.4, -0.2) is 31.6 Å². The molecule has 2 nitrogen and oxygen atoms in total. The summed E-state index contributed by atoms with van der Waals surface area (Å²) in [4.78, 5) is 0. The smallest absolute Gasteiger partial charge is 0.330 e. The Balaban J connectivity index is 3.75. The summed E-state index contributed by atoms with van der Waals surface area (Å²) in [7, 11) is 0. The van der Waals surface area contributed by atoms with Crippen LogP contribution in [0.15, 0.2) is 0 Å². The Morgan fingerprint density at radius 3 is 2.25 bits per heavy atom. The minimum absolute atomic E-state index is 0.0271. The number of hydrogen-bond acceptors (Lipinski definition) is 2. The Kier molecular flexibility index (Phi) is 4.47. The van der Waals surface area contributed by atoms with Crippen molar-refractivity contribution in [1.29, 1.82) is 0 Å². The van der Waals surface area contributed by atoms with Crippen molar-refractivity contribution in [3.05, 3.63) is 0 Å². The Labute approximate surface area is 67.7 Å². The molecule has 0 aromatic heterocycles. The molecule has 0 aromatic carbocycles. The van der Waals surface area contributed by atoms with E-state index in [2.05, 4.69) is 4.74 Å². The molecule has 12 heavy (non-hydrogen) atoms. The molecule has 1 unspecified atom stereocenters. The van der Waals surface area contributed by atoms with Crippen LogP contribution in [0.3, 0.4) is 0 Å². The van der Waals surface area contributed by atoms with Gasteiger partial charge >= 0.3 is 12.3 Å². The standard InChI is InChI=1S/C6H11F4NO/c1-4(2-11)12-3-6(9,10)5(7)8/h4-5H,2-3,11H2,1H3. The van der Waals surface area contributed by atoms with Crippen molar-refractivity contribution in [3.8, 4) is 0 Å². The summed E-state index contributed by atoms with van der Waals surface area (Å²) < 4.78 is 51.6. The van der Waals surface area contributed by atoms with Gasteiger partial charge in [-0.15, -0.1) is 0 Å². The van der Waals surface area contributed by atoms with Crippen molar-refractivity contribution in [2.45, 2.75) is 25.4 Å². The first-order valence-electron chi connectivity index (χ1n) is 3.37. The molecule has 0 aromatic rings. The van der Waals surface area contributed by atoms with Gasteiger partial charge < -0.3 is 10.5 Å². The summed E-state index contributed by atoms with van der Waals surface area (Å²) in [6.07, 6.45) is -4.32. The molecule has 0 spiro atoms. The number of hydrogen-bond donors (Lipinski definition) is 1. The minimum Gasteiger partial charge on any atom is -0.371 e. The largest absolute Gasteiger partial charge is 0.371 e. The van der Waals surface area contributed by atoms with Crippen molar-refractivity contribution in [1.82, 2.24) is 0 Å². The monoisotopic (exact) mass is 189 g/mol. The zero-order chi connectivity index (χ0) is 9.78. The fraction of sp³-hybridized carbons (Fsp3) is 1.00. The molecule has 2 N–H and O–H groups in total. The molecule has 0 radical (unpaired) electrons. The van der Waals surface area contributed by atoms with Gasteiger partial charge in [-0.05, 0) is 6.92 Å². The van der Waals surface area contributed by atoms with Crippen LogP contribution in [-0.2, 0) is 4.74 Å². The van der Waals surface area contributed by atoms with E-state index in [1.54, 1.807) is 0 Å². The number of rotatable bonds is 5. The summed E-state index contributed by atoms with van der Waals surface area (Å²) in [5.74, 6) is -4.08. The van der Waals surface area contributed by atoms with Crippen LogP contribution in [0.1, 0.15) is 6.92 Å². The summed E-state index contributed by atoms with van der Waals surface area (Å²) in [5.41, 5.74) is 5.02. The van der Waals surface area contributed by atoms with Crippen molar-refractivity contribution < 1.29 is 22.3 Å². The van der Waals surface area contributed by atoms with Gasteiger partial charge in [0.15, 0.2) is 0 Å². The molecule has 0 amide bonds. The average molecular weight is 189 g/mol. The summed E-state index contributed by atoms with van der Waals surface area (Å²) in [6.45, 7) is 0.171. The quantitative estimate of drug-likeness (QED) is 0.660. The molecule has 74 valence electrons. The van der Waals surface area contributed by atoms with Gasteiger partial charge in [-0.25, -0.2) is 8.78 Å². The van der Waals surface area contributed by atoms with Gasteiger partial charge in [0.1, 0.15) is 6.61 Å². The molecule has 0 fully saturated rings. The van der Waals surface area contributed by atoms with Crippen LogP contribution in [0.2, 0.25) is 0 Å². The maximum atomic E-state index is 12.1. The molecule has 0 saturated carbocycles. The summed E-state index contributed by atoms with van der Waals surface area (Å²) in [5, 5.41) is 0. The highest BCUT2D eigenvalue weighted by Crippen LogP contribution is 2.23. The maximum Gasteiger partial charge on any atom is 0.330 e. The Morgan fingerprint density at radius 1 is 1.42 bits per heavy atom. The van der Waals surface area contributed by atoms with Gasteiger partial charge in [-0.3, -0.25) is 0 Å². The molecule has 0 bridgehead atoms. The molecular formula is C6H11F4NO. The van der Waals surface area contributed by atoms with E-state index >= 15 is 0 Å². The third kappa shape index (κ3) is 3.87. The van der Waals surface area contributed by atoms with Crippen LogP contribution in [0, 0.1) is 0 Å². The molecule has 1 atom stereocenters. The van der Waals surface area contributed by atoms with E-state index in [1.165, 1.54) is 6.92 Å². The van der Waals surface area contributed by atoms with E-state index in [9.17, 15) is 17.6 Å². The second-order valence-electron chi connectivity index (χ2n) is 2.42. The van der Waals surface area contributed by atoms with E-state index in [0.29, 0.717) is 0 Å². The lowest BCUT2D eigenvalue weighted by atomic mass is 10.3.